The zero-order valence-electron chi connectivity index (χ0n) is 10.8. The minimum Gasteiger partial charge on any atom is -0.329 e. The van der Waals surface area contributed by atoms with Gasteiger partial charge in [-0.3, -0.25) is 9.59 Å². The van der Waals surface area contributed by atoms with Gasteiger partial charge in [0.1, 0.15) is 10.7 Å². The summed E-state index contributed by atoms with van der Waals surface area (Å²) >= 11 is 5.20. The predicted octanol–water partition coefficient (Wildman–Crippen LogP) is 3.44. The van der Waals surface area contributed by atoms with E-state index in [1.807, 2.05) is 9.97 Å². The third-order valence-corrected chi connectivity index (χ3v) is 2.47. The van der Waals surface area contributed by atoms with Gasteiger partial charge in [0.2, 0.25) is 5.56 Å². The van der Waals surface area contributed by atoms with Gasteiger partial charge < -0.3 is 9.97 Å². The number of hydrogen-bond donors (Lipinski definition) is 2. The zero-order chi connectivity index (χ0) is 17.8. The van der Waals surface area contributed by atoms with Crippen molar-refractivity contribution in [2.45, 2.75) is 12.4 Å². The lowest BCUT2D eigenvalue weighted by Gasteiger charge is -2.04. The van der Waals surface area contributed by atoms with Crippen LogP contribution in [0.1, 0.15) is 11.1 Å². The van der Waals surface area contributed by atoms with Crippen LogP contribution in [-0.2, 0) is 12.4 Å². The maximum absolute atomic E-state index is 11.9. The summed E-state index contributed by atoms with van der Waals surface area (Å²) in [6, 6.07) is 2.97. The molecule has 2 aromatic rings. The number of nitrogens with one attached hydrogen (secondary N) is 2. The van der Waals surface area contributed by atoms with Crippen LogP contribution >= 0.6 is 11.6 Å². The van der Waals surface area contributed by atoms with Crippen LogP contribution in [0, 0.1) is 0 Å². The third kappa shape index (κ3) is 5.81. The average molecular weight is 361 g/mol. The first-order chi connectivity index (χ1) is 10.4. The number of hydrogen-bond acceptors (Lipinski definition) is 2. The van der Waals surface area contributed by atoms with E-state index in [0.717, 1.165) is 18.3 Å². The SMILES string of the molecule is O=c1[nH]cccc1C(F)(F)F.O=c1cc(C(F)(F)F)cc(Cl)[nH]1. The topological polar surface area (TPSA) is 65.7 Å². The number of H-pyrrole nitrogens is 2. The molecule has 4 nitrogen and oxygen atoms in total. The average Bonchev–Trinajstić information content (AvgIpc) is 2.36. The summed E-state index contributed by atoms with van der Waals surface area (Å²) in [6.45, 7) is 0. The number of aromatic nitrogens is 2. The van der Waals surface area contributed by atoms with E-state index in [-0.39, 0.29) is 5.15 Å². The molecule has 0 spiro atoms. The summed E-state index contributed by atoms with van der Waals surface area (Å²) < 4.78 is 71.3. The summed E-state index contributed by atoms with van der Waals surface area (Å²) in [6.07, 6.45) is -7.94. The highest BCUT2D eigenvalue weighted by Crippen LogP contribution is 2.28. The Morgan fingerprint density at radius 1 is 0.957 bits per heavy atom. The fraction of sp³-hybridized carbons (Fsp3) is 0.167. The van der Waals surface area contributed by atoms with Gasteiger partial charge in [-0.2, -0.15) is 26.3 Å². The maximum Gasteiger partial charge on any atom is 0.421 e. The highest BCUT2D eigenvalue weighted by atomic mass is 35.5. The maximum atomic E-state index is 11.9. The minimum absolute atomic E-state index is 0.324. The summed E-state index contributed by atoms with van der Waals surface area (Å²) in [5, 5.41) is -0.324. The first-order valence-electron chi connectivity index (χ1n) is 5.63. The smallest absolute Gasteiger partial charge is 0.329 e. The highest BCUT2D eigenvalue weighted by Gasteiger charge is 2.33. The number of halogens is 7. The predicted molar refractivity (Wildman–Crippen MR) is 69.1 cm³/mol. The van der Waals surface area contributed by atoms with E-state index in [0.29, 0.717) is 12.1 Å². The molecule has 0 aliphatic rings. The van der Waals surface area contributed by atoms with E-state index in [9.17, 15) is 35.9 Å². The molecule has 0 aliphatic carbocycles. The van der Waals surface area contributed by atoms with Gasteiger partial charge in [-0.1, -0.05) is 11.6 Å². The van der Waals surface area contributed by atoms with Crippen molar-refractivity contribution in [2.75, 3.05) is 0 Å². The summed E-state index contributed by atoms with van der Waals surface area (Å²) in [4.78, 5) is 24.9. The van der Waals surface area contributed by atoms with Crippen LogP contribution in [-0.4, -0.2) is 9.97 Å². The second-order valence-corrected chi connectivity index (χ2v) is 4.40. The Bertz CT molecular complexity index is 778. The van der Waals surface area contributed by atoms with Crippen LogP contribution in [0.15, 0.2) is 40.1 Å². The Morgan fingerprint density at radius 3 is 1.96 bits per heavy atom. The van der Waals surface area contributed by atoms with Crippen LogP contribution in [0.5, 0.6) is 0 Å². The highest BCUT2D eigenvalue weighted by molar-refractivity contribution is 6.29. The molecule has 0 bridgehead atoms. The van der Waals surface area contributed by atoms with E-state index in [1.165, 1.54) is 0 Å². The summed E-state index contributed by atoms with van der Waals surface area (Å²) in [7, 11) is 0. The van der Waals surface area contributed by atoms with Crippen molar-refractivity contribution in [1.82, 2.24) is 9.97 Å². The van der Waals surface area contributed by atoms with Crippen LogP contribution in [0.4, 0.5) is 26.3 Å². The quantitative estimate of drug-likeness (QED) is 0.558. The van der Waals surface area contributed by atoms with Crippen LogP contribution < -0.4 is 11.1 Å². The van der Waals surface area contributed by atoms with Gasteiger partial charge >= 0.3 is 12.4 Å². The van der Waals surface area contributed by atoms with Crippen molar-refractivity contribution >= 4 is 11.6 Å². The van der Waals surface area contributed by atoms with E-state index >= 15 is 0 Å². The largest absolute Gasteiger partial charge is 0.421 e. The third-order valence-electron chi connectivity index (χ3n) is 2.26. The molecule has 0 radical (unpaired) electrons. The van der Waals surface area contributed by atoms with Crippen LogP contribution in [0.3, 0.4) is 0 Å². The number of pyridine rings is 2. The minimum atomic E-state index is -4.56. The molecule has 0 fully saturated rings. The van der Waals surface area contributed by atoms with E-state index in [4.69, 9.17) is 11.6 Å². The van der Waals surface area contributed by atoms with Gasteiger partial charge in [0.15, 0.2) is 0 Å². The molecule has 2 rings (SSSR count). The molecule has 2 heterocycles. The van der Waals surface area contributed by atoms with Crippen molar-refractivity contribution in [3.63, 3.8) is 0 Å². The Morgan fingerprint density at radius 2 is 1.57 bits per heavy atom. The molecule has 126 valence electrons. The van der Waals surface area contributed by atoms with Crippen molar-refractivity contribution in [3.8, 4) is 0 Å². The second kappa shape index (κ2) is 6.90. The molecule has 0 amide bonds. The first kappa shape index (κ1) is 18.8. The summed E-state index contributed by atoms with van der Waals surface area (Å²) in [5.74, 6) is 0. The molecule has 2 aromatic heterocycles. The van der Waals surface area contributed by atoms with Crippen molar-refractivity contribution < 1.29 is 26.3 Å². The van der Waals surface area contributed by atoms with E-state index in [1.54, 1.807) is 0 Å². The second-order valence-electron chi connectivity index (χ2n) is 3.99. The number of alkyl halides is 6. The van der Waals surface area contributed by atoms with Gasteiger partial charge in [-0.25, -0.2) is 0 Å². The van der Waals surface area contributed by atoms with Crippen molar-refractivity contribution in [3.05, 3.63) is 67.4 Å². The lowest BCUT2D eigenvalue weighted by atomic mass is 10.3. The fourth-order valence-electron chi connectivity index (χ4n) is 1.32. The molecule has 0 atom stereocenters. The molecule has 11 heteroatoms. The molecule has 23 heavy (non-hydrogen) atoms. The first-order valence-corrected chi connectivity index (χ1v) is 6.01. The lowest BCUT2D eigenvalue weighted by Crippen LogP contribution is -2.20. The molecule has 0 unspecified atom stereocenters. The molecule has 0 saturated heterocycles. The monoisotopic (exact) mass is 360 g/mol. The van der Waals surface area contributed by atoms with Gasteiger partial charge in [-0.15, -0.1) is 0 Å². The molecule has 0 saturated carbocycles. The molecule has 0 aliphatic heterocycles. The van der Waals surface area contributed by atoms with Crippen LogP contribution in [0.2, 0.25) is 5.15 Å². The van der Waals surface area contributed by atoms with Gasteiger partial charge in [-0.05, 0) is 18.2 Å². The Balaban J connectivity index is 0.000000231. The standard InChI is InChI=1S/C6H3ClF3NO.C6H4F3NO/c7-4-1-3(6(8,9)10)2-5(12)11-4;7-6(8,9)4-2-1-3-10-5(4)11/h1-2H,(H,11,12);1-3H,(H,10,11). The van der Waals surface area contributed by atoms with Crippen molar-refractivity contribution in [2.24, 2.45) is 0 Å². The molecular weight excluding hydrogens is 354 g/mol. The van der Waals surface area contributed by atoms with Gasteiger partial charge in [0.25, 0.3) is 5.56 Å². The Hall–Kier alpha value is -2.23. The molecular formula is C12H7ClF6N2O2. The number of aromatic amines is 2. The van der Waals surface area contributed by atoms with E-state index in [2.05, 4.69) is 0 Å². The number of rotatable bonds is 0. The Labute approximate surface area is 128 Å². The van der Waals surface area contributed by atoms with Gasteiger partial charge in [0, 0.05) is 12.3 Å². The zero-order valence-corrected chi connectivity index (χ0v) is 11.6. The lowest BCUT2D eigenvalue weighted by molar-refractivity contribution is -0.139. The van der Waals surface area contributed by atoms with Crippen molar-refractivity contribution in [1.29, 1.82) is 0 Å². The normalized spacial score (nSPS) is 11.6. The Kier molecular flexibility index (Phi) is 5.65. The fourth-order valence-corrected chi connectivity index (χ4v) is 1.53. The molecule has 0 aromatic carbocycles. The van der Waals surface area contributed by atoms with E-state index < -0.39 is 34.6 Å². The van der Waals surface area contributed by atoms with Crippen LogP contribution in [0.25, 0.3) is 0 Å². The molecule has 2 N–H and O–H groups in total. The van der Waals surface area contributed by atoms with Gasteiger partial charge in [0.05, 0.1) is 5.56 Å². The summed E-state index contributed by atoms with van der Waals surface area (Å²) in [5.41, 5.74) is -4.19.